The average Bonchev–Trinajstić information content (AvgIpc) is 2.31. The van der Waals surface area contributed by atoms with Gasteiger partial charge in [0.15, 0.2) is 0 Å². The third kappa shape index (κ3) is 5.63. The third-order valence-corrected chi connectivity index (χ3v) is 2.86. The molecule has 1 aromatic rings. The first-order valence-corrected chi connectivity index (χ1v) is 6.54. The summed E-state index contributed by atoms with van der Waals surface area (Å²) in [5.41, 5.74) is 2.78. The molecule has 0 aromatic heterocycles. The molecular formula is C15H26N2O. The molecule has 0 aliphatic rings. The molecule has 0 spiro atoms. The van der Waals surface area contributed by atoms with E-state index in [4.69, 9.17) is 4.74 Å². The Labute approximate surface area is 111 Å². The zero-order valence-corrected chi connectivity index (χ0v) is 12.1. The summed E-state index contributed by atoms with van der Waals surface area (Å²) in [7, 11) is 5.96. The number of hydrogen-bond donors (Lipinski definition) is 1. The average molecular weight is 250 g/mol. The van der Waals surface area contributed by atoms with Crippen LogP contribution in [0, 0.1) is 5.92 Å². The van der Waals surface area contributed by atoms with Crippen LogP contribution in [-0.4, -0.2) is 39.3 Å². The number of methoxy groups -OCH3 is 1. The molecule has 1 rings (SSSR count). The Kier molecular flexibility index (Phi) is 6.94. The quantitative estimate of drug-likeness (QED) is 0.765. The van der Waals surface area contributed by atoms with Gasteiger partial charge in [-0.25, -0.2) is 0 Å². The molecule has 18 heavy (non-hydrogen) atoms. The fraction of sp³-hybridized carbons (Fsp3) is 0.600. The van der Waals surface area contributed by atoms with E-state index in [1.54, 1.807) is 7.11 Å². The van der Waals surface area contributed by atoms with Crippen molar-refractivity contribution in [2.24, 2.45) is 5.92 Å². The van der Waals surface area contributed by atoms with Crippen LogP contribution in [0.2, 0.25) is 0 Å². The lowest BCUT2D eigenvalue weighted by Crippen LogP contribution is -2.24. The number of benzene rings is 1. The molecule has 0 radical (unpaired) electrons. The van der Waals surface area contributed by atoms with Gasteiger partial charge in [-0.1, -0.05) is 31.2 Å². The maximum absolute atomic E-state index is 5.14. The van der Waals surface area contributed by atoms with Gasteiger partial charge in [0.05, 0.1) is 0 Å². The van der Waals surface area contributed by atoms with Crippen molar-refractivity contribution in [3.05, 3.63) is 35.4 Å². The molecule has 102 valence electrons. The first-order valence-electron chi connectivity index (χ1n) is 6.54. The van der Waals surface area contributed by atoms with Crippen LogP contribution in [0.3, 0.4) is 0 Å². The lowest BCUT2D eigenvalue weighted by molar-refractivity contribution is 0.158. The summed E-state index contributed by atoms with van der Waals surface area (Å²) in [6.07, 6.45) is 0. The first-order chi connectivity index (χ1) is 8.63. The van der Waals surface area contributed by atoms with E-state index in [2.05, 4.69) is 55.5 Å². The summed E-state index contributed by atoms with van der Waals surface area (Å²) in [5.74, 6) is 0.552. The van der Waals surface area contributed by atoms with Crippen LogP contribution in [0.25, 0.3) is 0 Å². The zero-order chi connectivity index (χ0) is 13.4. The van der Waals surface area contributed by atoms with Crippen molar-refractivity contribution in [2.75, 3.05) is 34.4 Å². The molecule has 1 atom stereocenters. The van der Waals surface area contributed by atoms with Gasteiger partial charge >= 0.3 is 0 Å². The van der Waals surface area contributed by atoms with Crippen molar-refractivity contribution >= 4 is 0 Å². The highest BCUT2D eigenvalue weighted by Gasteiger charge is 2.04. The Bertz CT molecular complexity index is 339. The maximum Gasteiger partial charge on any atom is 0.0499 e. The highest BCUT2D eigenvalue weighted by molar-refractivity contribution is 5.26. The van der Waals surface area contributed by atoms with Crippen molar-refractivity contribution in [1.29, 1.82) is 0 Å². The topological polar surface area (TPSA) is 24.5 Å². The summed E-state index contributed by atoms with van der Waals surface area (Å²) in [6, 6.07) is 8.62. The van der Waals surface area contributed by atoms with E-state index in [1.807, 2.05) is 0 Å². The van der Waals surface area contributed by atoms with E-state index in [9.17, 15) is 0 Å². The summed E-state index contributed by atoms with van der Waals surface area (Å²) in [5, 5.41) is 3.50. The lowest BCUT2D eigenvalue weighted by atomic mass is 10.1. The summed E-state index contributed by atoms with van der Waals surface area (Å²) < 4.78 is 5.14. The molecule has 3 nitrogen and oxygen atoms in total. The number of rotatable bonds is 8. The Balaban J connectivity index is 2.46. The minimum Gasteiger partial charge on any atom is -0.384 e. The minimum absolute atomic E-state index is 0.552. The Hall–Kier alpha value is -0.900. The van der Waals surface area contributed by atoms with Crippen molar-refractivity contribution in [1.82, 2.24) is 10.2 Å². The predicted molar refractivity (Wildman–Crippen MR) is 76.6 cm³/mol. The smallest absolute Gasteiger partial charge is 0.0499 e. The van der Waals surface area contributed by atoms with Crippen LogP contribution < -0.4 is 5.32 Å². The first kappa shape index (κ1) is 15.2. The van der Waals surface area contributed by atoms with Gasteiger partial charge in [-0.2, -0.15) is 0 Å². The molecule has 0 heterocycles. The van der Waals surface area contributed by atoms with Crippen molar-refractivity contribution < 1.29 is 4.74 Å². The second kappa shape index (κ2) is 8.25. The minimum atomic E-state index is 0.552. The van der Waals surface area contributed by atoms with Gasteiger partial charge in [-0.3, -0.25) is 0 Å². The van der Waals surface area contributed by atoms with Gasteiger partial charge in [0.25, 0.3) is 0 Å². The molecule has 1 unspecified atom stereocenters. The van der Waals surface area contributed by atoms with Crippen LogP contribution in [-0.2, 0) is 17.8 Å². The van der Waals surface area contributed by atoms with Gasteiger partial charge in [-0.15, -0.1) is 0 Å². The molecule has 0 saturated carbocycles. The summed E-state index contributed by atoms with van der Waals surface area (Å²) in [4.78, 5) is 2.20. The number of nitrogens with zero attached hydrogens (tertiary/aromatic N) is 1. The fourth-order valence-corrected chi connectivity index (χ4v) is 2.02. The van der Waals surface area contributed by atoms with E-state index in [0.29, 0.717) is 5.92 Å². The van der Waals surface area contributed by atoms with Crippen LogP contribution in [0.5, 0.6) is 0 Å². The highest BCUT2D eigenvalue weighted by Crippen LogP contribution is 2.10. The van der Waals surface area contributed by atoms with Gasteiger partial charge in [0.1, 0.15) is 0 Å². The van der Waals surface area contributed by atoms with E-state index < -0.39 is 0 Å². The Morgan fingerprint density at radius 1 is 1.22 bits per heavy atom. The maximum atomic E-state index is 5.14. The van der Waals surface area contributed by atoms with E-state index in [-0.39, 0.29) is 0 Å². The van der Waals surface area contributed by atoms with Gasteiger partial charge in [0, 0.05) is 33.4 Å². The van der Waals surface area contributed by atoms with E-state index >= 15 is 0 Å². The van der Waals surface area contributed by atoms with Gasteiger partial charge in [0.2, 0.25) is 0 Å². The van der Waals surface area contributed by atoms with Crippen LogP contribution in [0.4, 0.5) is 0 Å². The fourth-order valence-electron chi connectivity index (χ4n) is 2.02. The molecule has 1 N–H and O–H groups in total. The van der Waals surface area contributed by atoms with Crippen LogP contribution in [0.15, 0.2) is 24.3 Å². The van der Waals surface area contributed by atoms with Crippen molar-refractivity contribution in [2.45, 2.75) is 20.0 Å². The molecule has 0 aliphatic carbocycles. The van der Waals surface area contributed by atoms with Crippen LogP contribution >= 0.6 is 0 Å². The third-order valence-electron chi connectivity index (χ3n) is 2.86. The number of hydrogen-bond acceptors (Lipinski definition) is 3. The Morgan fingerprint density at radius 2 is 1.89 bits per heavy atom. The molecule has 0 fully saturated rings. The molecule has 0 saturated heterocycles. The second-order valence-corrected chi connectivity index (χ2v) is 5.20. The van der Waals surface area contributed by atoms with Crippen LogP contribution in [0.1, 0.15) is 18.1 Å². The van der Waals surface area contributed by atoms with Crippen molar-refractivity contribution in [3.63, 3.8) is 0 Å². The monoisotopic (exact) mass is 250 g/mol. The summed E-state index contributed by atoms with van der Waals surface area (Å²) in [6.45, 7) is 5.92. The number of ether oxygens (including phenoxy) is 1. The predicted octanol–water partition coefficient (Wildman–Crippen LogP) is 2.12. The Morgan fingerprint density at radius 3 is 2.50 bits per heavy atom. The molecule has 0 bridgehead atoms. The summed E-state index contributed by atoms with van der Waals surface area (Å²) >= 11 is 0. The second-order valence-electron chi connectivity index (χ2n) is 5.20. The highest BCUT2D eigenvalue weighted by atomic mass is 16.5. The van der Waals surface area contributed by atoms with Crippen molar-refractivity contribution in [3.8, 4) is 0 Å². The lowest BCUT2D eigenvalue weighted by Gasteiger charge is -2.16. The van der Waals surface area contributed by atoms with Gasteiger partial charge in [-0.05, 0) is 31.1 Å². The van der Waals surface area contributed by atoms with E-state index in [0.717, 1.165) is 26.2 Å². The standard InChI is InChI=1S/C15H26N2O/c1-13(12-18-4)9-16-10-14-7-5-6-8-15(14)11-17(2)3/h5-8,13,16H,9-12H2,1-4H3. The van der Waals surface area contributed by atoms with Gasteiger partial charge < -0.3 is 15.0 Å². The normalized spacial score (nSPS) is 12.9. The zero-order valence-electron chi connectivity index (χ0n) is 12.1. The molecule has 1 aromatic carbocycles. The largest absolute Gasteiger partial charge is 0.384 e. The molecule has 3 heteroatoms. The molecule has 0 amide bonds. The molecule has 0 aliphatic heterocycles. The van der Waals surface area contributed by atoms with E-state index in [1.165, 1.54) is 11.1 Å². The number of nitrogens with one attached hydrogen (secondary N) is 1. The SMILES string of the molecule is COCC(C)CNCc1ccccc1CN(C)C. The molecular weight excluding hydrogens is 224 g/mol.